The van der Waals surface area contributed by atoms with E-state index in [-0.39, 0.29) is 11.8 Å². The molecule has 1 heterocycles. The first kappa shape index (κ1) is 12.9. The number of fused-ring (bicyclic) bond motifs is 1. The van der Waals surface area contributed by atoms with Gasteiger partial charge in [-0.3, -0.25) is 4.79 Å². The number of esters is 1. The fraction of sp³-hybridized carbons (Fsp3) is 0.385. The Labute approximate surface area is 110 Å². The monoisotopic (exact) mass is 267 g/mol. The first-order chi connectivity index (χ1) is 8.40. The van der Waals surface area contributed by atoms with Gasteiger partial charge in [-0.1, -0.05) is 25.4 Å². The molecule has 0 saturated carbocycles. The van der Waals surface area contributed by atoms with Crippen LogP contribution in [0.3, 0.4) is 0 Å². The Morgan fingerprint density at radius 3 is 2.61 bits per heavy atom. The van der Waals surface area contributed by atoms with Gasteiger partial charge in [0.25, 0.3) is 5.91 Å². The van der Waals surface area contributed by atoms with Gasteiger partial charge >= 0.3 is 5.97 Å². The Hall–Kier alpha value is -1.55. The Bertz CT molecular complexity index is 525. The zero-order valence-corrected chi connectivity index (χ0v) is 11.2. The van der Waals surface area contributed by atoms with Crippen LogP contribution in [0.5, 0.6) is 0 Å². The van der Waals surface area contributed by atoms with Gasteiger partial charge in [-0.25, -0.2) is 4.79 Å². The lowest BCUT2D eigenvalue weighted by Crippen LogP contribution is -2.34. The smallest absolute Gasteiger partial charge is 0.341 e. The highest BCUT2D eigenvalue weighted by Crippen LogP contribution is 2.29. The number of hydrogen-bond acceptors (Lipinski definition) is 3. The lowest BCUT2D eigenvalue weighted by Gasteiger charge is -2.16. The molecule has 2 rings (SSSR count). The number of carbonyl (C=O) groups excluding carboxylic acids is 2. The molecule has 0 spiro atoms. The SMILES string of the molecule is Cc1cc(Cl)cc2c1NC(=O)[C@@H](C(C)C)OC2=O. The number of aryl methyl sites for hydroxylation is 1. The van der Waals surface area contributed by atoms with Gasteiger partial charge in [-0.15, -0.1) is 0 Å². The minimum Gasteiger partial charge on any atom is -0.448 e. The number of benzene rings is 1. The van der Waals surface area contributed by atoms with E-state index in [1.807, 2.05) is 13.8 Å². The minimum absolute atomic E-state index is 0.0842. The minimum atomic E-state index is -0.775. The van der Waals surface area contributed by atoms with Crippen molar-refractivity contribution < 1.29 is 14.3 Å². The molecule has 0 fully saturated rings. The van der Waals surface area contributed by atoms with Gasteiger partial charge < -0.3 is 10.1 Å². The summed E-state index contributed by atoms with van der Waals surface area (Å²) in [5.74, 6) is -0.908. The van der Waals surface area contributed by atoms with E-state index in [0.29, 0.717) is 16.3 Å². The second-order valence-electron chi connectivity index (χ2n) is 4.70. The van der Waals surface area contributed by atoms with E-state index >= 15 is 0 Å². The third kappa shape index (κ3) is 2.20. The third-order valence-corrected chi connectivity index (χ3v) is 3.08. The van der Waals surface area contributed by atoms with E-state index in [4.69, 9.17) is 16.3 Å². The van der Waals surface area contributed by atoms with Crippen molar-refractivity contribution in [3.05, 3.63) is 28.3 Å². The van der Waals surface area contributed by atoms with Gasteiger partial charge in [0.1, 0.15) is 0 Å². The number of carbonyl (C=O) groups is 2. The highest BCUT2D eigenvalue weighted by Gasteiger charge is 2.32. The molecule has 1 amide bonds. The van der Waals surface area contributed by atoms with E-state index in [2.05, 4.69) is 5.32 Å². The largest absolute Gasteiger partial charge is 0.448 e. The van der Waals surface area contributed by atoms with Crippen molar-refractivity contribution in [2.75, 3.05) is 5.32 Å². The number of ether oxygens (including phenoxy) is 1. The molecule has 0 bridgehead atoms. The van der Waals surface area contributed by atoms with Crippen LogP contribution in [-0.4, -0.2) is 18.0 Å². The zero-order chi connectivity index (χ0) is 13.4. The summed E-state index contributed by atoms with van der Waals surface area (Å²) < 4.78 is 5.21. The molecular weight excluding hydrogens is 254 g/mol. The zero-order valence-electron chi connectivity index (χ0n) is 10.4. The summed E-state index contributed by atoms with van der Waals surface area (Å²) in [7, 11) is 0. The van der Waals surface area contributed by atoms with E-state index < -0.39 is 12.1 Å². The second kappa shape index (κ2) is 4.61. The van der Waals surface area contributed by atoms with Crippen molar-refractivity contribution in [1.29, 1.82) is 0 Å². The first-order valence-corrected chi connectivity index (χ1v) is 6.10. The van der Waals surface area contributed by atoms with Gasteiger partial charge in [0.05, 0.1) is 11.3 Å². The number of anilines is 1. The van der Waals surface area contributed by atoms with Gasteiger partial charge in [-0.05, 0) is 30.5 Å². The first-order valence-electron chi connectivity index (χ1n) is 5.72. The normalized spacial score (nSPS) is 19.1. The number of amides is 1. The van der Waals surface area contributed by atoms with Gasteiger partial charge in [-0.2, -0.15) is 0 Å². The van der Waals surface area contributed by atoms with E-state index in [1.165, 1.54) is 6.07 Å². The van der Waals surface area contributed by atoms with E-state index in [9.17, 15) is 9.59 Å². The molecule has 96 valence electrons. The van der Waals surface area contributed by atoms with Crippen LogP contribution >= 0.6 is 11.6 Å². The van der Waals surface area contributed by atoms with Crippen LogP contribution in [0.2, 0.25) is 5.02 Å². The summed E-state index contributed by atoms with van der Waals surface area (Å²) in [4.78, 5) is 24.0. The number of nitrogens with one attached hydrogen (secondary N) is 1. The van der Waals surface area contributed by atoms with Gasteiger partial charge in [0.15, 0.2) is 6.10 Å². The fourth-order valence-electron chi connectivity index (χ4n) is 1.94. The number of hydrogen-bond donors (Lipinski definition) is 1. The van der Waals surface area contributed by atoms with Crippen LogP contribution in [0.15, 0.2) is 12.1 Å². The molecule has 1 aliphatic rings. The lowest BCUT2D eigenvalue weighted by atomic mass is 10.1. The van der Waals surface area contributed by atoms with Crippen molar-refractivity contribution in [2.24, 2.45) is 5.92 Å². The van der Waals surface area contributed by atoms with Gasteiger partial charge in [0.2, 0.25) is 0 Å². The summed E-state index contributed by atoms with van der Waals surface area (Å²) in [5, 5.41) is 3.18. The Morgan fingerprint density at radius 2 is 2.00 bits per heavy atom. The molecular formula is C13H14ClNO3. The molecule has 0 saturated heterocycles. The topological polar surface area (TPSA) is 55.4 Å². The van der Waals surface area contributed by atoms with Crippen LogP contribution in [-0.2, 0) is 9.53 Å². The molecule has 1 N–H and O–H groups in total. The molecule has 0 radical (unpaired) electrons. The molecule has 1 aliphatic heterocycles. The van der Waals surface area contributed by atoms with Crippen LogP contribution < -0.4 is 5.32 Å². The molecule has 1 aromatic rings. The number of cyclic esters (lactones) is 1. The van der Waals surface area contributed by atoms with Crippen molar-refractivity contribution >= 4 is 29.2 Å². The van der Waals surface area contributed by atoms with Crippen LogP contribution in [0.25, 0.3) is 0 Å². The molecule has 18 heavy (non-hydrogen) atoms. The summed E-state index contributed by atoms with van der Waals surface area (Å²) in [6, 6.07) is 3.21. The average Bonchev–Trinajstić information content (AvgIpc) is 2.39. The van der Waals surface area contributed by atoms with Crippen molar-refractivity contribution in [2.45, 2.75) is 26.9 Å². The van der Waals surface area contributed by atoms with Gasteiger partial charge in [0, 0.05) is 5.02 Å². The quantitative estimate of drug-likeness (QED) is 0.796. The molecule has 0 unspecified atom stereocenters. The maximum Gasteiger partial charge on any atom is 0.341 e. The highest BCUT2D eigenvalue weighted by molar-refractivity contribution is 6.31. The maximum absolute atomic E-state index is 12.0. The third-order valence-electron chi connectivity index (χ3n) is 2.87. The summed E-state index contributed by atoms with van der Waals surface area (Å²) >= 11 is 5.92. The molecule has 1 aromatic carbocycles. The molecule has 5 heteroatoms. The Morgan fingerprint density at radius 1 is 1.33 bits per heavy atom. The van der Waals surface area contributed by atoms with Crippen molar-refractivity contribution in [3.8, 4) is 0 Å². The number of rotatable bonds is 1. The highest BCUT2D eigenvalue weighted by atomic mass is 35.5. The summed E-state index contributed by atoms with van der Waals surface area (Å²) in [6.45, 7) is 5.44. The average molecular weight is 268 g/mol. The Kier molecular flexibility index (Phi) is 3.30. The van der Waals surface area contributed by atoms with Crippen LogP contribution in [0, 0.1) is 12.8 Å². The van der Waals surface area contributed by atoms with Crippen LogP contribution in [0.1, 0.15) is 29.8 Å². The Balaban J connectivity index is 2.51. The van der Waals surface area contributed by atoms with E-state index in [0.717, 1.165) is 5.56 Å². The summed E-state index contributed by atoms with van der Waals surface area (Å²) in [6.07, 6.45) is -0.775. The fourth-order valence-corrected chi connectivity index (χ4v) is 2.21. The molecule has 1 atom stereocenters. The molecule has 0 aliphatic carbocycles. The van der Waals surface area contributed by atoms with Crippen molar-refractivity contribution in [3.63, 3.8) is 0 Å². The van der Waals surface area contributed by atoms with Crippen LogP contribution in [0.4, 0.5) is 5.69 Å². The maximum atomic E-state index is 12.0. The molecule has 4 nitrogen and oxygen atoms in total. The van der Waals surface area contributed by atoms with Crippen molar-refractivity contribution in [1.82, 2.24) is 0 Å². The summed E-state index contributed by atoms with van der Waals surface area (Å²) in [5.41, 5.74) is 1.53. The molecule has 0 aromatic heterocycles. The lowest BCUT2D eigenvalue weighted by molar-refractivity contribution is -0.126. The van der Waals surface area contributed by atoms with E-state index in [1.54, 1.807) is 13.0 Å². The second-order valence-corrected chi connectivity index (χ2v) is 5.14. The predicted molar refractivity (Wildman–Crippen MR) is 68.9 cm³/mol. The number of halogens is 1. The standard InChI is InChI=1S/C13H14ClNO3/c1-6(2)11-12(16)15-10-7(3)4-8(14)5-9(10)13(17)18-11/h4-6,11H,1-3H3,(H,15,16)/t11-/m1/s1. The predicted octanol–water partition coefficient (Wildman–Crippen LogP) is 2.78.